The molecule has 0 radical (unpaired) electrons. The molecule has 3 rings (SSSR count). The monoisotopic (exact) mass is 429 g/mol. The second kappa shape index (κ2) is 11.0. The third kappa shape index (κ3) is 7.53. The molecule has 1 aromatic carbocycles. The topological polar surface area (TPSA) is 54.4 Å². The highest BCUT2D eigenvalue weighted by atomic mass is 16.6. The van der Waals surface area contributed by atoms with Gasteiger partial charge in [-0.05, 0) is 90.6 Å². The molecule has 1 unspecified atom stereocenters. The van der Waals surface area contributed by atoms with Gasteiger partial charge in [0.05, 0.1) is 13.2 Å². The fraction of sp³-hybridized carbons (Fsp3) is 0.680. The molecule has 1 atom stereocenters. The molecular weight excluding hydrogens is 390 g/mol. The largest absolute Gasteiger partial charge is 0.494 e. The summed E-state index contributed by atoms with van der Waals surface area (Å²) in [6.45, 7) is 12.5. The fourth-order valence-corrected chi connectivity index (χ4v) is 4.10. The summed E-state index contributed by atoms with van der Waals surface area (Å²) in [5, 5.41) is 4.43. The Balaban J connectivity index is 1.57. The van der Waals surface area contributed by atoms with Gasteiger partial charge in [-0.2, -0.15) is 0 Å². The van der Waals surface area contributed by atoms with Crippen LogP contribution in [0.15, 0.2) is 29.4 Å². The Morgan fingerprint density at radius 1 is 1.13 bits per heavy atom. The van der Waals surface area contributed by atoms with Crippen LogP contribution in [-0.4, -0.2) is 65.8 Å². The second-order valence-electron chi connectivity index (χ2n) is 9.77. The number of rotatable bonds is 9. The Hall–Kier alpha value is -2.08. The van der Waals surface area contributed by atoms with E-state index in [1.165, 1.54) is 19.4 Å². The number of oxime groups is 1. The quantitative estimate of drug-likeness (QED) is 0.330. The van der Waals surface area contributed by atoms with Crippen molar-refractivity contribution < 1.29 is 14.4 Å². The number of likely N-dealkylation sites (tertiary alicyclic amines) is 2. The van der Waals surface area contributed by atoms with Crippen LogP contribution in [0.4, 0.5) is 0 Å². The summed E-state index contributed by atoms with van der Waals surface area (Å²) in [5.74, 6) is 1.06. The number of ether oxygens (including phenoxy) is 1. The van der Waals surface area contributed by atoms with E-state index in [0.717, 1.165) is 56.0 Å². The average molecular weight is 430 g/mol. The van der Waals surface area contributed by atoms with Crippen LogP contribution in [0.3, 0.4) is 0 Å². The molecule has 0 aliphatic carbocycles. The Kier molecular flexibility index (Phi) is 8.35. The third-order valence-electron chi connectivity index (χ3n) is 5.93. The van der Waals surface area contributed by atoms with Gasteiger partial charge >= 0.3 is 0 Å². The van der Waals surface area contributed by atoms with E-state index in [9.17, 15) is 4.79 Å². The summed E-state index contributed by atoms with van der Waals surface area (Å²) >= 11 is 0. The molecule has 0 aromatic heterocycles. The van der Waals surface area contributed by atoms with Crippen LogP contribution in [0.25, 0.3) is 0 Å². The molecule has 2 fully saturated rings. The molecule has 1 aromatic rings. The smallest absolute Gasteiger partial charge is 0.222 e. The second-order valence-corrected chi connectivity index (χ2v) is 9.77. The van der Waals surface area contributed by atoms with Gasteiger partial charge in [0.1, 0.15) is 17.1 Å². The van der Waals surface area contributed by atoms with Crippen molar-refractivity contribution in [2.45, 2.75) is 77.9 Å². The molecular formula is C25H39N3O3. The van der Waals surface area contributed by atoms with E-state index in [2.05, 4.69) is 17.0 Å². The van der Waals surface area contributed by atoms with Crippen molar-refractivity contribution >= 4 is 11.6 Å². The number of benzene rings is 1. The van der Waals surface area contributed by atoms with Crippen molar-refractivity contribution in [2.24, 2.45) is 5.16 Å². The average Bonchev–Trinajstić information content (AvgIpc) is 3.14. The van der Waals surface area contributed by atoms with E-state index < -0.39 is 0 Å². The number of piperidine rings is 1. The molecule has 0 saturated carbocycles. The lowest BCUT2D eigenvalue weighted by molar-refractivity contribution is -0.132. The van der Waals surface area contributed by atoms with E-state index in [4.69, 9.17) is 9.57 Å². The minimum Gasteiger partial charge on any atom is -0.494 e. The van der Waals surface area contributed by atoms with Gasteiger partial charge in [-0.3, -0.25) is 4.79 Å². The van der Waals surface area contributed by atoms with Crippen molar-refractivity contribution in [1.82, 2.24) is 9.80 Å². The molecule has 6 heteroatoms. The normalized spacial score (nSPS) is 20.9. The maximum Gasteiger partial charge on any atom is 0.222 e. The van der Waals surface area contributed by atoms with Gasteiger partial charge in [0.15, 0.2) is 0 Å². The number of hydrogen-bond donors (Lipinski definition) is 0. The highest BCUT2D eigenvalue weighted by Gasteiger charge is 2.22. The summed E-state index contributed by atoms with van der Waals surface area (Å²) in [6, 6.07) is 8.70. The molecule has 2 heterocycles. The first-order valence-corrected chi connectivity index (χ1v) is 11.8. The zero-order valence-corrected chi connectivity index (χ0v) is 19.7. The van der Waals surface area contributed by atoms with Crippen LogP contribution in [0.2, 0.25) is 0 Å². The van der Waals surface area contributed by atoms with Crippen LogP contribution >= 0.6 is 0 Å². The number of carbonyl (C=O) groups excluding carboxylic acids is 1. The van der Waals surface area contributed by atoms with Crippen LogP contribution < -0.4 is 4.74 Å². The zero-order chi connectivity index (χ0) is 22.3. The fourth-order valence-electron chi connectivity index (χ4n) is 4.10. The van der Waals surface area contributed by atoms with Crippen LogP contribution in [0, 0.1) is 0 Å². The first-order chi connectivity index (χ1) is 14.8. The van der Waals surface area contributed by atoms with Gasteiger partial charge in [-0.15, -0.1) is 0 Å². The lowest BCUT2D eigenvalue weighted by atomic mass is 10.1. The van der Waals surface area contributed by atoms with Gasteiger partial charge in [-0.1, -0.05) is 5.16 Å². The summed E-state index contributed by atoms with van der Waals surface area (Å²) in [6.07, 6.45) is 6.31. The molecule has 6 nitrogen and oxygen atoms in total. The Morgan fingerprint density at radius 3 is 2.55 bits per heavy atom. The minimum atomic E-state index is -0.382. The van der Waals surface area contributed by atoms with E-state index in [-0.39, 0.29) is 11.5 Å². The zero-order valence-electron chi connectivity index (χ0n) is 19.7. The molecule has 0 N–H and O–H groups in total. The summed E-state index contributed by atoms with van der Waals surface area (Å²) in [4.78, 5) is 22.4. The predicted octanol–water partition coefficient (Wildman–Crippen LogP) is 4.47. The van der Waals surface area contributed by atoms with E-state index in [1.807, 2.05) is 49.9 Å². The summed E-state index contributed by atoms with van der Waals surface area (Å²) in [5.41, 5.74) is 1.35. The highest BCUT2D eigenvalue weighted by Crippen LogP contribution is 2.19. The van der Waals surface area contributed by atoms with Gasteiger partial charge in [0.25, 0.3) is 0 Å². The SMILES string of the molecule is CC1CCCN1CCCOc1ccc(C(CN2CCCCC2=O)=NOC(C)(C)C)cc1. The van der Waals surface area contributed by atoms with Gasteiger partial charge in [0.2, 0.25) is 5.91 Å². The first kappa shape index (κ1) is 23.6. The standard InChI is InChI=1S/C25H39N3O3/c1-20-9-7-16-27(20)17-8-18-30-22-13-11-21(12-14-22)23(26-31-25(2,3)4)19-28-15-6-5-10-24(28)29/h11-14,20H,5-10,15-19H2,1-4H3. The summed E-state index contributed by atoms with van der Waals surface area (Å²) in [7, 11) is 0. The third-order valence-corrected chi connectivity index (χ3v) is 5.93. The minimum absolute atomic E-state index is 0.196. The lowest BCUT2D eigenvalue weighted by Gasteiger charge is -2.27. The molecule has 2 aliphatic heterocycles. The van der Waals surface area contributed by atoms with Crippen molar-refractivity contribution in [3.63, 3.8) is 0 Å². The highest BCUT2D eigenvalue weighted by molar-refractivity contribution is 6.03. The molecule has 0 spiro atoms. The van der Waals surface area contributed by atoms with Crippen LogP contribution in [0.5, 0.6) is 5.75 Å². The lowest BCUT2D eigenvalue weighted by Crippen LogP contribution is -2.39. The number of carbonyl (C=O) groups is 1. The van der Waals surface area contributed by atoms with Gasteiger partial charge in [0, 0.05) is 31.1 Å². The van der Waals surface area contributed by atoms with Crippen LogP contribution in [-0.2, 0) is 9.63 Å². The Morgan fingerprint density at radius 2 is 1.90 bits per heavy atom. The number of amides is 1. The summed E-state index contributed by atoms with van der Waals surface area (Å²) < 4.78 is 5.95. The van der Waals surface area contributed by atoms with E-state index in [1.54, 1.807) is 0 Å². The van der Waals surface area contributed by atoms with E-state index >= 15 is 0 Å². The maximum absolute atomic E-state index is 12.3. The predicted molar refractivity (Wildman–Crippen MR) is 125 cm³/mol. The first-order valence-electron chi connectivity index (χ1n) is 11.8. The van der Waals surface area contributed by atoms with Gasteiger partial charge in [-0.25, -0.2) is 0 Å². The van der Waals surface area contributed by atoms with Crippen molar-refractivity contribution in [3.8, 4) is 5.75 Å². The van der Waals surface area contributed by atoms with Crippen molar-refractivity contribution in [3.05, 3.63) is 29.8 Å². The van der Waals surface area contributed by atoms with Crippen molar-refractivity contribution in [1.29, 1.82) is 0 Å². The Labute approximate surface area is 187 Å². The van der Waals surface area contributed by atoms with Gasteiger partial charge < -0.3 is 19.4 Å². The molecule has 2 aliphatic rings. The molecule has 2 saturated heterocycles. The molecule has 172 valence electrons. The van der Waals surface area contributed by atoms with Crippen LogP contribution in [0.1, 0.15) is 71.8 Å². The number of hydrogen-bond acceptors (Lipinski definition) is 5. The van der Waals surface area contributed by atoms with E-state index in [0.29, 0.717) is 19.0 Å². The maximum atomic E-state index is 12.3. The number of nitrogens with zero attached hydrogens (tertiary/aromatic N) is 3. The Bertz CT molecular complexity index is 739. The molecule has 31 heavy (non-hydrogen) atoms. The van der Waals surface area contributed by atoms with Crippen molar-refractivity contribution in [2.75, 3.05) is 32.8 Å². The molecule has 1 amide bonds. The molecule has 0 bridgehead atoms.